The Hall–Kier alpha value is -2.28. The first-order chi connectivity index (χ1) is 12.1. The number of carbonyl (C=O) groups is 1. The van der Waals surface area contributed by atoms with Gasteiger partial charge in [0.15, 0.2) is 5.82 Å². The van der Waals surface area contributed by atoms with Crippen LogP contribution in [0.3, 0.4) is 0 Å². The maximum atomic E-state index is 13.9. The van der Waals surface area contributed by atoms with E-state index >= 15 is 0 Å². The second kappa shape index (κ2) is 6.55. The molecule has 1 amide bonds. The highest BCUT2D eigenvalue weighted by Gasteiger charge is 2.29. The molecule has 0 atom stereocenters. The highest BCUT2D eigenvalue weighted by molar-refractivity contribution is 5.94. The van der Waals surface area contributed by atoms with Crippen LogP contribution in [0.2, 0.25) is 0 Å². The van der Waals surface area contributed by atoms with Crippen LogP contribution in [0.15, 0.2) is 18.5 Å². The highest BCUT2D eigenvalue weighted by Crippen LogP contribution is 2.25. The first kappa shape index (κ1) is 16.2. The van der Waals surface area contributed by atoms with Gasteiger partial charge >= 0.3 is 0 Å². The fourth-order valence-electron chi connectivity index (χ4n) is 3.83. The Balaban J connectivity index is 1.54. The number of carbonyl (C=O) groups excluding carboxylic acids is 1. The summed E-state index contributed by atoms with van der Waals surface area (Å²) in [4.78, 5) is 20.5. The number of amides is 1. The lowest BCUT2D eigenvalue weighted by molar-refractivity contribution is 0.0725. The van der Waals surface area contributed by atoms with E-state index in [-0.39, 0.29) is 11.5 Å². The van der Waals surface area contributed by atoms with Crippen molar-refractivity contribution in [3.63, 3.8) is 0 Å². The molecule has 2 aromatic heterocycles. The molecule has 0 aromatic carbocycles. The molecule has 0 aliphatic carbocycles. The summed E-state index contributed by atoms with van der Waals surface area (Å²) in [7, 11) is 1.92. The third kappa shape index (κ3) is 3.04. The van der Waals surface area contributed by atoms with Gasteiger partial charge in [-0.2, -0.15) is 5.10 Å². The van der Waals surface area contributed by atoms with Gasteiger partial charge in [0, 0.05) is 31.9 Å². The van der Waals surface area contributed by atoms with Gasteiger partial charge in [-0.3, -0.25) is 19.4 Å². The van der Waals surface area contributed by atoms with Crippen LogP contribution in [0.4, 0.5) is 4.39 Å². The minimum Gasteiger partial charge on any atom is -0.332 e. The fraction of sp³-hybridized carbons (Fsp3) is 0.500. The number of likely N-dealkylation sites (tertiary alicyclic amines) is 1. The van der Waals surface area contributed by atoms with Crippen molar-refractivity contribution < 1.29 is 9.18 Å². The minimum absolute atomic E-state index is 0.0814. The van der Waals surface area contributed by atoms with E-state index in [4.69, 9.17) is 5.10 Å². The van der Waals surface area contributed by atoms with E-state index < -0.39 is 5.82 Å². The summed E-state index contributed by atoms with van der Waals surface area (Å²) in [5.41, 5.74) is 3.52. The van der Waals surface area contributed by atoms with Crippen LogP contribution in [0.1, 0.15) is 40.2 Å². The molecule has 0 saturated carbocycles. The molecule has 2 aliphatic rings. The zero-order valence-corrected chi connectivity index (χ0v) is 14.4. The van der Waals surface area contributed by atoms with Crippen LogP contribution in [-0.2, 0) is 26.6 Å². The third-order valence-corrected chi connectivity index (χ3v) is 5.19. The van der Waals surface area contributed by atoms with Gasteiger partial charge in [0.2, 0.25) is 0 Å². The van der Waals surface area contributed by atoms with Crippen molar-refractivity contribution in [1.82, 2.24) is 24.6 Å². The lowest BCUT2D eigenvalue weighted by atomic mass is 10.0. The Morgan fingerprint density at radius 1 is 1.28 bits per heavy atom. The van der Waals surface area contributed by atoms with E-state index in [9.17, 15) is 9.18 Å². The minimum atomic E-state index is -0.571. The van der Waals surface area contributed by atoms with E-state index in [1.165, 1.54) is 30.7 Å². The number of aromatic nitrogens is 3. The lowest BCUT2D eigenvalue weighted by Gasteiger charge is -2.28. The van der Waals surface area contributed by atoms with Crippen molar-refractivity contribution in [2.24, 2.45) is 7.05 Å². The van der Waals surface area contributed by atoms with Crippen molar-refractivity contribution in [3.05, 3.63) is 46.8 Å². The zero-order chi connectivity index (χ0) is 17.4. The Morgan fingerprint density at radius 2 is 2.08 bits per heavy atom. The molecule has 4 heterocycles. The Morgan fingerprint density at radius 3 is 2.84 bits per heavy atom. The molecule has 7 heteroatoms. The van der Waals surface area contributed by atoms with E-state index in [0.29, 0.717) is 13.1 Å². The number of hydrogen-bond acceptors (Lipinski definition) is 4. The van der Waals surface area contributed by atoms with Crippen LogP contribution in [-0.4, -0.2) is 50.1 Å². The normalized spacial score (nSPS) is 17.8. The Kier molecular flexibility index (Phi) is 4.25. The van der Waals surface area contributed by atoms with Crippen LogP contribution in [0, 0.1) is 5.82 Å². The number of fused-ring (bicyclic) bond motifs is 1. The Labute approximate surface area is 146 Å². The molecule has 132 valence electrons. The van der Waals surface area contributed by atoms with Crippen LogP contribution in [0.25, 0.3) is 0 Å². The molecule has 1 saturated heterocycles. The first-order valence-electron chi connectivity index (χ1n) is 8.78. The average Bonchev–Trinajstić information content (AvgIpc) is 3.23. The summed E-state index contributed by atoms with van der Waals surface area (Å²) in [5, 5.41) is 4.69. The third-order valence-electron chi connectivity index (χ3n) is 5.19. The summed E-state index contributed by atoms with van der Waals surface area (Å²) in [6.45, 7) is 4.22. The maximum absolute atomic E-state index is 13.9. The largest absolute Gasteiger partial charge is 0.332 e. The van der Waals surface area contributed by atoms with Crippen molar-refractivity contribution in [2.45, 2.75) is 32.4 Å². The van der Waals surface area contributed by atoms with E-state index in [0.717, 1.165) is 43.6 Å². The van der Waals surface area contributed by atoms with Gasteiger partial charge in [-0.1, -0.05) is 0 Å². The van der Waals surface area contributed by atoms with E-state index in [1.54, 1.807) is 4.90 Å². The topological polar surface area (TPSA) is 54.3 Å². The molecule has 0 spiro atoms. The smallest absolute Gasteiger partial charge is 0.257 e. The molecule has 0 N–H and O–H groups in total. The quantitative estimate of drug-likeness (QED) is 0.852. The molecular formula is C18H22FN5O. The van der Waals surface area contributed by atoms with Crippen LogP contribution in [0.5, 0.6) is 0 Å². The molecule has 1 fully saturated rings. The Bertz CT molecular complexity index is 797. The molecule has 2 aromatic rings. The molecule has 0 unspecified atom stereocenters. The van der Waals surface area contributed by atoms with Gasteiger partial charge in [0.25, 0.3) is 5.91 Å². The lowest BCUT2D eigenvalue weighted by Crippen LogP contribution is -2.37. The summed E-state index contributed by atoms with van der Waals surface area (Å²) in [6.07, 6.45) is 5.82. The van der Waals surface area contributed by atoms with Gasteiger partial charge in [-0.25, -0.2) is 4.39 Å². The van der Waals surface area contributed by atoms with Gasteiger partial charge < -0.3 is 4.90 Å². The van der Waals surface area contributed by atoms with Gasteiger partial charge in [0.1, 0.15) is 0 Å². The SMILES string of the molecule is Cn1nc(CN2CCCC2)c2c1CN(C(=O)c1ccncc1F)CC2. The van der Waals surface area contributed by atoms with Crippen molar-refractivity contribution in [3.8, 4) is 0 Å². The number of rotatable bonds is 3. The molecule has 25 heavy (non-hydrogen) atoms. The second-order valence-corrected chi connectivity index (χ2v) is 6.81. The van der Waals surface area contributed by atoms with Gasteiger partial charge in [-0.15, -0.1) is 0 Å². The molecule has 0 bridgehead atoms. The van der Waals surface area contributed by atoms with Crippen molar-refractivity contribution >= 4 is 5.91 Å². The molecule has 6 nitrogen and oxygen atoms in total. The summed E-state index contributed by atoms with van der Waals surface area (Å²) in [6, 6.07) is 1.44. The number of pyridine rings is 1. The predicted octanol–water partition coefficient (Wildman–Crippen LogP) is 1.75. The predicted molar refractivity (Wildman–Crippen MR) is 90.4 cm³/mol. The second-order valence-electron chi connectivity index (χ2n) is 6.81. The van der Waals surface area contributed by atoms with Crippen LogP contribution >= 0.6 is 0 Å². The van der Waals surface area contributed by atoms with Gasteiger partial charge in [-0.05, 0) is 38.4 Å². The first-order valence-corrected chi connectivity index (χ1v) is 8.78. The molecule has 2 aliphatic heterocycles. The fourth-order valence-corrected chi connectivity index (χ4v) is 3.83. The molecule has 0 radical (unpaired) electrons. The van der Waals surface area contributed by atoms with Crippen molar-refractivity contribution in [1.29, 1.82) is 0 Å². The standard InChI is InChI=1S/C18H22FN5O/c1-22-17-12-24(18(25)13-4-6-20-10-15(13)19)9-5-14(17)16(21-22)11-23-7-2-3-8-23/h4,6,10H,2-3,5,7-9,11-12H2,1H3. The number of aryl methyl sites for hydroxylation is 1. The zero-order valence-electron chi connectivity index (χ0n) is 14.4. The summed E-state index contributed by atoms with van der Waals surface area (Å²) in [5.74, 6) is -0.856. The van der Waals surface area contributed by atoms with E-state index in [2.05, 4.69) is 9.88 Å². The van der Waals surface area contributed by atoms with Gasteiger partial charge in [0.05, 0.1) is 29.7 Å². The monoisotopic (exact) mass is 343 g/mol. The van der Waals surface area contributed by atoms with Crippen LogP contribution < -0.4 is 0 Å². The number of hydrogen-bond donors (Lipinski definition) is 0. The average molecular weight is 343 g/mol. The highest BCUT2D eigenvalue weighted by atomic mass is 19.1. The number of nitrogens with zero attached hydrogens (tertiary/aromatic N) is 5. The number of halogens is 1. The molecular weight excluding hydrogens is 321 g/mol. The maximum Gasteiger partial charge on any atom is 0.257 e. The van der Waals surface area contributed by atoms with Crippen molar-refractivity contribution in [2.75, 3.05) is 19.6 Å². The van der Waals surface area contributed by atoms with E-state index in [1.807, 2.05) is 11.7 Å². The summed E-state index contributed by atoms with van der Waals surface area (Å²) < 4.78 is 15.7. The summed E-state index contributed by atoms with van der Waals surface area (Å²) >= 11 is 0. The molecule has 4 rings (SSSR count).